The molecule has 3 rings (SSSR count). The van der Waals surface area contributed by atoms with Crippen LogP contribution in [0.15, 0.2) is 18.2 Å². The molecule has 2 fully saturated rings. The summed E-state index contributed by atoms with van der Waals surface area (Å²) >= 11 is 7.73. The Kier molecular flexibility index (Phi) is 3.84. The lowest BCUT2D eigenvalue weighted by Crippen LogP contribution is -2.49. The molecule has 1 spiro atoms. The van der Waals surface area contributed by atoms with Gasteiger partial charge in [-0.2, -0.15) is 11.8 Å². The van der Waals surface area contributed by atoms with Crippen molar-refractivity contribution in [3.05, 3.63) is 34.6 Å². The molecule has 2 aliphatic heterocycles. The molecule has 4 nitrogen and oxygen atoms in total. The van der Waals surface area contributed by atoms with Crippen LogP contribution < -0.4 is 5.32 Å². The lowest BCUT2D eigenvalue weighted by Gasteiger charge is -2.30. The van der Waals surface area contributed by atoms with Gasteiger partial charge in [0.25, 0.3) is 5.91 Å². The van der Waals surface area contributed by atoms with Gasteiger partial charge in [0.15, 0.2) is 0 Å². The number of halogens is 2. The third-order valence-corrected chi connectivity index (χ3v) is 5.31. The Morgan fingerprint density at radius 3 is 2.71 bits per heavy atom. The summed E-state index contributed by atoms with van der Waals surface area (Å²) in [5.41, 5.74) is -0.634. The van der Waals surface area contributed by atoms with Gasteiger partial charge < -0.3 is 5.32 Å². The van der Waals surface area contributed by atoms with Gasteiger partial charge in [-0.15, -0.1) is 0 Å². The van der Waals surface area contributed by atoms with Crippen LogP contribution in [0.3, 0.4) is 0 Å². The second-order valence-corrected chi connectivity index (χ2v) is 6.85. The summed E-state index contributed by atoms with van der Waals surface area (Å²) in [6, 6.07) is 3.84. The molecule has 1 aromatic rings. The molecule has 1 aromatic carbocycles. The first-order chi connectivity index (χ1) is 10.0. The zero-order chi connectivity index (χ0) is 15.0. The second-order valence-electron chi connectivity index (χ2n) is 5.22. The van der Waals surface area contributed by atoms with Crippen molar-refractivity contribution in [1.29, 1.82) is 0 Å². The molecule has 2 heterocycles. The zero-order valence-corrected chi connectivity index (χ0v) is 12.8. The number of amides is 3. The minimum atomic E-state index is -0.805. The highest BCUT2D eigenvalue weighted by Gasteiger charge is 2.51. The molecule has 0 bridgehead atoms. The van der Waals surface area contributed by atoms with E-state index < -0.39 is 17.4 Å². The molecule has 0 aromatic heterocycles. The van der Waals surface area contributed by atoms with E-state index >= 15 is 0 Å². The largest absolute Gasteiger partial charge is 0.325 e. The number of carbonyl (C=O) groups excluding carboxylic acids is 2. The monoisotopic (exact) mass is 328 g/mol. The number of hydrogen-bond acceptors (Lipinski definition) is 3. The first-order valence-electron chi connectivity index (χ1n) is 6.68. The maximum Gasteiger partial charge on any atom is 0.325 e. The Labute approximate surface area is 131 Å². The number of urea groups is 1. The molecule has 0 aliphatic carbocycles. The molecule has 2 saturated heterocycles. The predicted octanol–water partition coefficient (Wildman–Crippen LogP) is 2.80. The van der Waals surface area contributed by atoms with Crippen molar-refractivity contribution in [3.63, 3.8) is 0 Å². The standard InChI is InChI=1S/C14H14ClFN2O2S/c15-10-2-1-3-11(16)9(10)8-18-12(19)14(17-13(18)20)4-6-21-7-5-14/h1-3H,4-8H2,(H,17,20). The van der Waals surface area contributed by atoms with Gasteiger partial charge in [0.05, 0.1) is 6.54 Å². The normalized spacial score (nSPS) is 21.0. The molecule has 21 heavy (non-hydrogen) atoms. The molecule has 0 unspecified atom stereocenters. The van der Waals surface area contributed by atoms with Crippen LogP contribution >= 0.6 is 23.4 Å². The number of hydrogen-bond donors (Lipinski definition) is 1. The highest BCUT2D eigenvalue weighted by molar-refractivity contribution is 7.99. The van der Waals surface area contributed by atoms with Crippen LogP contribution in [0.25, 0.3) is 0 Å². The minimum Gasteiger partial charge on any atom is -0.323 e. The SMILES string of the molecule is O=C1NC2(CCSCC2)C(=O)N1Cc1c(F)cccc1Cl. The van der Waals surface area contributed by atoms with E-state index in [-0.39, 0.29) is 23.0 Å². The van der Waals surface area contributed by atoms with Gasteiger partial charge in [-0.05, 0) is 36.5 Å². The maximum absolute atomic E-state index is 13.8. The average Bonchev–Trinajstić information content (AvgIpc) is 2.67. The van der Waals surface area contributed by atoms with Gasteiger partial charge in [0.2, 0.25) is 0 Å². The Bertz CT molecular complexity index is 584. The highest BCUT2D eigenvalue weighted by Crippen LogP contribution is 2.34. The van der Waals surface area contributed by atoms with Crippen LogP contribution in [0.4, 0.5) is 9.18 Å². The van der Waals surface area contributed by atoms with E-state index in [1.54, 1.807) is 17.8 Å². The van der Waals surface area contributed by atoms with Crippen molar-refractivity contribution in [1.82, 2.24) is 10.2 Å². The van der Waals surface area contributed by atoms with Crippen LogP contribution in [0.2, 0.25) is 5.02 Å². The van der Waals surface area contributed by atoms with Gasteiger partial charge in [-0.1, -0.05) is 17.7 Å². The van der Waals surface area contributed by atoms with Gasteiger partial charge in [-0.25, -0.2) is 9.18 Å². The van der Waals surface area contributed by atoms with Gasteiger partial charge in [0.1, 0.15) is 11.4 Å². The van der Waals surface area contributed by atoms with Crippen LogP contribution in [0, 0.1) is 5.82 Å². The minimum absolute atomic E-state index is 0.134. The van der Waals surface area contributed by atoms with Crippen LogP contribution in [0.1, 0.15) is 18.4 Å². The number of carbonyl (C=O) groups is 2. The number of nitrogens with one attached hydrogen (secondary N) is 1. The summed E-state index contributed by atoms with van der Waals surface area (Å²) < 4.78 is 13.8. The molecule has 7 heteroatoms. The quantitative estimate of drug-likeness (QED) is 0.849. The molecular formula is C14H14ClFN2O2S. The van der Waals surface area contributed by atoms with Crippen molar-refractivity contribution in [2.75, 3.05) is 11.5 Å². The Morgan fingerprint density at radius 2 is 2.05 bits per heavy atom. The molecule has 112 valence electrons. The van der Waals surface area contributed by atoms with Crippen LogP contribution in [0.5, 0.6) is 0 Å². The predicted molar refractivity (Wildman–Crippen MR) is 79.8 cm³/mol. The summed E-state index contributed by atoms with van der Waals surface area (Å²) in [6.45, 7) is -0.134. The smallest absolute Gasteiger partial charge is 0.323 e. The van der Waals surface area contributed by atoms with E-state index in [1.807, 2.05) is 0 Å². The first-order valence-corrected chi connectivity index (χ1v) is 8.21. The third-order valence-electron chi connectivity index (χ3n) is 3.97. The van der Waals surface area contributed by atoms with Crippen molar-refractivity contribution >= 4 is 35.3 Å². The summed E-state index contributed by atoms with van der Waals surface area (Å²) in [7, 11) is 0. The summed E-state index contributed by atoms with van der Waals surface area (Å²) in [5, 5.41) is 3.01. The second kappa shape index (κ2) is 5.50. The van der Waals surface area contributed by atoms with Crippen molar-refractivity contribution in [2.24, 2.45) is 0 Å². The van der Waals surface area contributed by atoms with E-state index in [4.69, 9.17) is 11.6 Å². The average molecular weight is 329 g/mol. The molecule has 0 saturated carbocycles. The molecule has 0 radical (unpaired) electrons. The van der Waals surface area contributed by atoms with E-state index in [1.165, 1.54) is 12.1 Å². The van der Waals surface area contributed by atoms with Crippen molar-refractivity contribution in [3.8, 4) is 0 Å². The van der Waals surface area contributed by atoms with E-state index in [2.05, 4.69) is 5.32 Å². The van der Waals surface area contributed by atoms with Gasteiger partial charge in [-0.3, -0.25) is 9.69 Å². The van der Waals surface area contributed by atoms with E-state index in [9.17, 15) is 14.0 Å². The molecule has 2 aliphatic rings. The Hall–Kier alpha value is -1.27. The molecule has 0 atom stereocenters. The number of imide groups is 1. The highest BCUT2D eigenvalue weighted by atomic mass is 35.5. The number of thioether (sulfide) groups is 1. The fourth-order valence-electron chi connectivity index (χ4n) is 2.72. The summed E-state index contributed by atoms with van der Waals surface area (Å²) in [6.07, 6.45) is 1.23. The fraction of sp³-hybridized carbons (Fsp3) is 0.429. The Balaban J connectivity index is 1.86. The van der Waals surface area contributed by atoms with Crippen LogP contribution in [-0.2, 0) is 11.3 Å². The lowest BCUT2D eigenvalue weighted by atomic mass is 9.92. The maximum atomic E-state index is 13.8. The number of rotatable bonds is 2. The summed E-state index contributed by atoms with van der Waals surface area (Å²) in [4.78, 5) is 25.8. The Morgan fingerprint density at radius 1 is 1.33 bits per heavy atom. The zero-order valence-electron chi connectivity index (χ0n) is 11.2. The number of benzene rings is 1. The number of nitrogens with zero attached hydrogens (tertiary/aromatic N) is 1. The van der Waals surface area contributed by atoms with Gasteiger partial charge in [0, 0.05) is 10.6 Å². The molecule has 1 N–H and O–H groups in total. The van der Waals surface area contributed by atoms with E-state index in [0.29, 0.717) is 12.8 Å². The van der Waals surface area contributed by atoms with Gasteiger partial charge >= 0.3 is 6.03 Å². The van der Waals surface area contributed by atoms with E-state index in [0.717, 1.165) is 16.4 Å². The third kappa shape index (κ3) is 2.51. The lowest BCUT2D eigenvalue weighted by molar-refractivity contribution is -0.132. The molecule has 3 amide bonds. The van der Waals surface area contributed by atoms with Crippen molar-refractivity contribution in [2.45, 2.75) is 24.9 Å². The van der Waals surface area contributed by atoms with Crippen molar-refractivity contribution < 1.29 is 14.0 Å². The fourth-order valence-corrected chi connectivity index (χ4v) is 4.13. The summed E-state index contributed by atoms with van der Waals surface area (Å²) in [5.74, 6) is 0.885. The molecular weight excluding hydrogens is 315 g/mol. The first kappa shape index (κ1) is 14.7. The van der Waals surface area contributed by atoms with Crippen LogP contribution in [-0.4, -0.2) is 33.9 Å². The topological polar surface area (TPSA) is 49.4 Å².